The zero-order chi connectivity index (χ0) is 14.1. The number of ether oxygens (including phenoxy) is 1. The van der Waals surface area contributed by atoms with Crippen LogP contribution in [-0.4, -0.2) is 7.11 Å². The Balaban J connectivity index is 1.92. The van der Waals surface area contributed by atoms with Gasteiger partial charge in [-0.25, -0.2) is 0 Å². The summed E-state index contributed by atoms with van der Waals surface area (Å²) in [6, 6.07) is 12.8. The van der Waals surface area contributed by atoms with Crippen LogP contribution < -0.4 is 10.5 Å². The van der Waals surface area contributed by atoms with Gasteiger partial charge in [0.25, 0.3) is 0 Å². The van der Waals surface area contributed by atoms with E-state index in [4.69, 9.17) is 10.5 Å². The number of hydrogen-bond acceptors (Lipinski definition) is 2. The molecule has 1 unspecified atom stereocenters. The minimum absolute atomic E-state index is 0.0643. The molecule has 0 heterocycles. The van der Waals surface area contributed by atoms with Crippen molar-refractivity contribution in [3.8, 4) is 5.75 Å². The standard InChI is InChI=1S/C18H21NO/c1-12-10-15(8-9-17(12)20-2)18(19)16-7-6-13-4-3-5-14(13)11-16/h6-11,18H,3-5,19H2,1-2H3. The normalized spacial score (nSPS) is 14.9. The van der Waals surface area contributed by atoms with E-state index in [0.29, 0.717) is 0 Å². The summed E-state index contributed by atoms with van der Waals surface area (Å²) in [6.45, 7) is 2.05. The van der Waals surface area contributed by atoms with Gasteiger partial charge in [-0.2, -0.15) is 0 Å². The number of benzene rings is 2. The van der Waals surface area contributed by atoms with Gasteiger partial charge in [0.05, 0.1) is 13.2 Å². The first-order chi connectivity index (χ1) is 9.69. The van der Waals surface area contributed by atoms with E-state index in [0.717, 1.165) is 16.9 Å². The third kappa shape index (κ3) is 2.32. The zero-order valence-corrected chi connectivity index (χ0v) is 12.1. The summed E-state index contributed by atoms with van der Waals surface area (Å²) in [5.74, 6) is 0.912. The SMILES string of the molecule is COc1ccc(C(N)c2ccc3c(c2)CCC3)cc1C. The Labute approximate surface area is 120 Å². The summed E-state index contributed by atoms with van der Waals surface area (Å²) in [4.78, 5) is 0. The first-order valence-corrected chi connectivity index (χ1v) is 7.21. The molecule has 2 aromatic rings. The zero-order valence-electron chi connectivity index (χ0n) is 12.1. The molecule has 0 radical (unpaired) electrons. The summed E-state index contributed by atoms with van der Waals surface area (Å²) in [5.41, 5.74) is 12.9. The Kier molecular flexibility index (Phi) is 3.49. The van der Waals surface area contributed by atoms with Crippen LogP contribution in [0.15, 0.2) is 36.4 Å². The molecular weight excluding hydrogens is 246 g/mol. The highest BCUT2D eigenvalue weighted by molar-refractivity contribution is 5.43. The van der Waals surface area contributed by atoms with Crippen LogP contribution in [0.4, 0.5) is 0 Å². The van der Waals surface area contributed by atoms with Crippen molar-refractivity contribution in [2.75, 3.05) is 7.11 Å². The lowest BCUT2D eigenvalue weighted by atomic mass is 9.95. The van der Waals surface area contributed by atoms with Crippen molar-refractivity contribution in [1.29, 1.82) is 0 Å². The van der Waals surface area contributed by atoms with E-state index in [-0.39, 0.29) is 6.04 Å². The molecule has 0 aromatic heterocycles. The Bertz CT molecular complexity index is 633. The van der Waals surface area contributed by atoms with Gasteiger partial charge in [0.15, 0.2) is 0 Å². The molecule has 0 fully saturated rings. The summed E-state index contributed by atoms with van der Waals surface area (Å²) >= 11 is 0. The van der Waals surface area contributed by atoms with Gasteiger partial charge in [0.2, 0.25) is 0 Å². The summed E-state index contributed by atoms with van der Waals surface area (Å²) in [6.07, 6.45) is 3.68. The van der Waals surface area contributed by atoms with E-state index in [9.17, 15) is 0 Å². The molecule has 2 nitrogen and oxygen atoms in total. The fourth-order valence-corrected chi connectivity index (χ4v) is 3.07. The molecule has 0 saturated carbocycles. The molecule has 0 bridgehead atoms. The highest BCUT2D eigenvalue weighted by Crippen LogP contribution is 2.29. The Morgan fingerprint density at radius 3 is 2.45 bits per heavy atom. The number of hydrogen-bond donors (Lipinski definition) is 1. The summed E-state index contributed by atoms with van der Waals surface area (Å²) < 4.78 is 5.31. The Hall–Kier alpha value is -1.80. The monoisotopic (exact) mass is 267 g/mol. The fraction of sp³-hybridized carbons (Fsp3) is 0.333. The number of methoxy groups -OCH3 is 1. The predicted octanol–water partition coefficient (Wildman–Crippen LogP) is 3.54. The van der Waals surface area contributed by atoms with Crippen LogP contribution in [0.2, 0.25) is 0 Å². The summed E-state index contributed by atoms with van der Waals surface area (Å²) in [7, 11) is 1.70. The van der Waals surface area contributed by atoms with Crippen LogP contribution in [0.1, 0.15) is 40.3 Å². The molecule has 2 aromatic carbocycles. The Morgan fingerprint density at radius 2 is 1.70 bits per heavy atom. The molecule has 1 atom stereocenters. The molecule has 3 rings (SSSR count). The van der Waals surface area contributed by atoms with Crippen LogP contribution in [0.25, 0.3) is 0 Å². The van der Waals surface area contributed by atoms with Crippen LogP contribution in [0, 0.1) is 6.92 Å². The van der Waals surface area contributed by atoms with Gasteiger partial charge in [0, 0.05) is 0 Å². The van der Waals surface area contributed by atoms with E-state index < -0.39 is 0 Å². The topological polar surface area (TPSA) is 35.2 Å². The lowest BCUT2D eigenvalue weighted by Gasteiger charge is -2.16. The van der Waals surface area contributed by atoms with E-state index in [1.54, 1.807) is 7.11 Å². The van der Waals surface area contributed by atoms with Crippen molar-refractivity contribution in [2.24, 2.45) is 5.73 Å². The molecule has 1 aliphatic rings. The second-order valence-electron chi connectivity index (χ2n) is 5.59. The van der Waals surface area contributed by atoms with Gasteiger partial charge in [-0.3, -0.25) is 0 Å². The van der Waals surface area contributed by atoms with E-state index in [1.807, 2.05) is 6.07 Å². The highest BCUT2D eigenvalue weighted by Gasteiger charge is 2.15. The number of nitrogens with two attached hydrogens (primary N) is 1. The molecule has 1 aliphatic carbocycles. The van der Waals surface area contributed by atoms with Crippen LogP contribution >= 0.6 is 0 Å². The molecule has 2 heteroatoms. The van der Waals surface area contributed by atoms with E-state index >= 15 is 0 Å². The molecule has 104 valence electrons. The fourth-order valence-electron chi connectivity index (χ4n) is 3.07. The summed E-state index contributed by atoms with van der Waals surface area (Å²) in [5, 5.41) is 0. The number of rotatable bonds is 3. The van der Waals surface area contributed by atoms with Gasteiger partial charge < -0.3 is 10.5 Å². The molecule has 20 heavy (non-hydrogen) atoms. The van der Waals surface area contributed by atoms with Crippen molar-refractivity contribution in [3.63, 3.8) is 0 Å². The van der Waals surface area contributed by atoms with Crippen LogP contribution in [0.3, 0.4) is 0 Å². The van der Waals surface area contributed by atoms with Gasteiger partial charge in [-0.05, 0) is 60.1 Å². The first-order valence-electron chi connectivity index (χ1n) is 7.21. The minimum atomic E-state index is -0.0643. The van der Waals surface area contributed by atoms with Crippen LogP contribution in [0.5, 0.6) is 5.75 Å². The van der Waals surface area contributed by atoms with E-state index in [2.05, 4.69) is 37.3 Å². The Morgan fingerprint density at radius 1 is 1.00 bits per heavy atom. The van der Waals surface area contributed by atoms with Crippen molar-refractivity contribution in [3.05, 3.63) is 64.2 Å². The minimum Gasteiger partial charge on any atom is -0.496 e. The number of fused-ring (bicyclic) bond motifs is 1. The highest BCUT2D eigenvalue weighted by atomic mass is 16.5. The lowest BCUT2D eigenvalue weighted by Crippen LogP contribution is -2.12. The second kappa shape index (κ2) is 5.29. The third-order valence-corrected chi connectivity index (χ3v) is 4.26. The molecule has 0 aliphatic heterocycles. The predicted molar refractivity (Wildman–Crippen MR) is 82.2 cm³/mol. The lowest BCUT2D eigenvalue weighted by molar-refractivity contribution is 0.411. The quantitative estimate of drug-likeness (QED) is 0.923. The van der Waals surface area contributed by atoms with Crippen molar-refractivity contribution >= 4 is 0 Å². The molecular formula is C18H21NO. The third-order valence-electron chi connectivity index (χ3n) is 4.26. The van der Waals surface area contributed by atoms with Gasteiger partial charge in [-0.1, -0.05) is 30.3 Å². The molecule has 0 amide bonds. The van der Waals surface area contributed by atoms with Crippen molar-refractivity contribution < 1.29 is 4.74 Å². The average Bonchev–Trinajstić information content (AvgIpc) is 2.93. The smallest absolute Gasteiger partial charge is 0.121 e. The molecule has 0 spiro atoms. The van der Waals surface area contributed by atoms with Gasteiger partial charge >= 0.3 is 0 Å². The largest absolute Gasteiger partial charge is 0.496 e. The first kappa shape index (κ1) is 13.2. The van der Waals surface area contributed by atoms with Gasteiger partial charge in [-0.15, -0.1) is 0 Å². The second-order valence-corrected chi connectivity index (χ2v) is 5.59. The van der Waals surface area contributed by atoms with Gasteiger partial charge in [0.1, 0.15) is 5.75 Å². The van der Waals surface area contributed by atoms with Crippen molar-refractivity contribution in [2.45, 2.75) is 32.2 Å². The molecule has 2 N–H and O–H groups in total. The maximum Gasteiger partial charge on any atom is 0.121 e. The number of aryl methyl sites for hydroxylation is 3. The van der Waals surface area contributed by atoms with E-state index in [1.165, 1.54) is 36.0 Å². The average molecular weight is 267 g/mol. The van der Waals surface area contributed by atoms with Crippen molar-refractivity contribution in [1.82, 2.24) is 0 Å². The molecule has 0 saturated heterocycles. The maximum atomic E-state index is 6.43. The maximum absolute atomic E-state index is 6.43. The van der Waals surface area contributed by atoms with Crippen LogP contribution in [-0.2, 0) is 12.8 Å².